The third kappa shape index (κ3) is 6.49. The Hall–Kier alpha value is -3.49. The van der Waals surface area contributed by atoms with E-state index in [9.17, 15) is 23.4 Å². The molecule has 0 aliphatic rings. The van der Waals surface area contributed by atoms with E-state index in [0.717, 1.165) is 16.7 Å². The summed E-state index contributed by atoms with van der Waals surface area (Å²) in [7, 11) is -4.05. The Morgan fingerprint density at radius 1 is 0.895 bits per heavy atom. The number of benzene rings is 4. The van der Waals surface area contributed by atoms with Gasteiger partial charge in [-0.3, -0.25) is 0 Å². The van der Waals surface area contributed by atoms with Crippen LogP contribution in [0.3, 0.4) is 0 Å². The molecule has 0 amide bonds. The molecule has 6 nitrogen and oxygen atoms in total. The van der Waals surface area contributed by atoms with Crippen LogP contribution in [0.2, 0.25) is 5.02 Å². The summed E-state index contributed by atoms with van der Waals surface area (Å²) >= 11 is 6.00. The number of aliphatic hydroxyl groups excluding tert-OH is 1. The van der Waals surface area contributed by atoms with Crippen molar-refractivity contribution in [2.24, 2.45) is 0 Å². The first-order valence-corrected chi connectivity index (χ1v) is 13.9. The molecule has 0 saturated heterocycles. The molecule has 4 aromatic carbocycles. The topological polar surface area (TPSA) is 104 Å². The summed E-state index contributed by atoms with van der Waals surface area (Å²) in [5.74, 6) is -1.31. The number of aliphatic hydroxyl groups is 1. The van der Waals surface area contributed by atoms with Crippen molar-refractivity contribution < 1.29 is 23.4 Å². The number of rotatable bonds is 10. The summed E-state index contributed by atoms with van der Waals surface area (Å²) in [6.07, 6.45) is -0.102. The maximum absolute atomic E-state index is 13.4. The zero-order chi connectivity index (χ0) is 27.3. The summed E-state index contributed by atoms with van der Waals surface area (Å²) in [5, 5.41) is 24.0. The van der Waals surface area contributed by atoms with Gasteiger partial charge in [0.1, 0.15) is 0 Å². The Kier molecular flexibility index (Phi) is 8.64. The highest BCUT2D eigenvalue weighted by molar-refractivity contribution is 7.91. The van der Waals surface area contributed by atoms with Crippen molar-refractivity contribution in [1.29, 1.82) is 0 Å². The van der Waals surface area contributed by atoms with Crippen molar-refractivity contribution in [3.63, 3.8) is 0 Å². The van der Waals surface area contributed by atoms with Crippen molar-refractivity contribution in [1.82, 2.24) is 5.32 Å². The van der Waals surface area contributed by atoms with Gasteiger partial charge >= 0.3 is 5.97 Å². The SMILES string of the molecule is C[C@H](Cc1ccc(S(=O)(=O)c2ccc(-c3ccccc3)cc2C(=O)O)cc1)NC[C@H](O)c1cccc(Cl)c1. The summed E-state index contributed by atoms with van der Waals surface area (Å²) < 4.78 is 26.7. The summed E-state index contributed by atoms with van der Waals surface area (Å²) in [6, 6.07) is 27.1. The lowest BCUT2D eigenvalue weighted by molar-refractivity contribution is 0.0692. The van der Waals surface area contributed by atoms with Crippen LogP contribution in [0.1, 0.15) is 34.5 Å². The number of halogens is 1. The quantitative estimate of drug-likeness (QED) is 0.231. The fraction of sp³-hybridized carbons (Fsp3) is 0.167. The summed E-state index contributed by atoms with van der Waals surface area (Å²) in [4.78, 5) is 11.8. The highest BCUT2D eigenvalue weighted by Crippen LogP contribution is 2.29. The molecule has 2 atom stereocenters. The van der Waals surface area contributed by atoms with Crippen LogP contribution in [0.4, 0.5) is 0 Å². The lowest BCUT2D eigenvalue weighted by Crippen LogP contribution is -2.32. The molecule has 38 heavy (non-hydrogen) atoms. The first-order valence-electron chi connectivity index (χ1n) is 12.1. The molecule has 0 aromatic heterocycles. The van der Waals surface area contributed by atoms with Gasteiger partial charge in [0.15, 0.2) is 0 Å². The molecule has 196 valence electrons. The van der Waals surface area contributed by atoms with Crippen LogP contribution in [-0.2, 0) is 16.3 Å². The minimum Gasteiger partial charge on any atom is -0.478 e. The number of nitrogens with one attached hydrogen (secondary N) is 1. The number of sulfone groups is 1. The molecule has 4 aromatic rings. The minimum atomic E-state index is -4.05. The van der Waals surface area contributed by atoms with Gasteiger partial charge in [0.25, 0.3) is 0 Å². The monoisotopic (exact) mass is 549 g/mol. The second kappa shape index (κ2) is 11.9. The number of hydrogen-bond donors (Lipinski definition) is 3. The van der Waals surface area contributed by atoms with Gasteiger partial charge in [0, 0.05) is 17.6 Å². The van der Waals surface area contributed by atoms with Gasteiger partial charge < -0.3 is 15.5 Å². The van der Waals surface area contributed by atoms with E-state index in [1.165, 1.54) is 24.3 Å². The molecule has 4 rings (SSSR count). The molecular weight excluding hydrogens is 522 g/mol. The number of aromatic carboxylic acids is 1. The van der Waals surface area contributed by atoms with Gasteiger partial charge in [-0.1, -0.05) is 72.3 Å². The van der Waals surface area contributed by atoms with Crippen LogP contribution >= 0.6 is 11.6 Å². The third-order valence-electron chi connectivity index (χ3n) is 6.28. The van der Waals surface area contributed by atoms with Gasteiger partial charge in [-0.2, -0.15) is 0 Å². The van der Waals surface area contributed by atoms with Crippen molar-refractivity contribution in [2.45, 2.75) is 35.3 Å². The van der Waals surface area contributed by atoms with Crippen molar-refractivity contribution in [3.05, 3.63) is 119 Å². The predicted octanol–water partition coefficient (Wildman–Crippen LogP) is 5.79. The first-order chi connectivity index (χ1) is 18.1. The number of carboxylic acid groups (broad SMARTS) is 1. The van der Waals surface area contributed by atoms with Crippen LogP contribution < -0.4 is 5.32 Å². The number of carbonyl (C=O) groups is 1. The van der Waals surface area contributed by atoms with Gasteiger partial charge in [0.05, 0.1) is 21.5 Å². The molecule has 0 radical (unpaired) electrons. The highest BCUT2D eigenvalue weighted by Gasteiger charge is 2.25. The van der Waals surface area contributed by atoms with Crippen LogP contribution in [0.25, 0.3) is 11.1 Å². The van der Waals surface area contributed by atoms with E-state index in [0.29, 0.717) is 23.6 Å². The zero-order valence-electron chi connectivity index (χ0n) is 20.7. The van der Waals surface area contributed by atoms with E-state index in [1.54, 1.807) is 36.4 Å². The molecule has 3 N–H and O–H groups in total. The van der Waals surface area contributed by atoms with E-state index >= 15 is 0 Å². The molecule has 0 unspecified atom stereocenters. The maximum atomic E-state index is 13.4. The summed E-state index contributed by atoms with van der Waals surface area (Å²) in [5.41, 5.74) is 2.78. The van der Waals surface area contributed by atoms with Crippen molar-refractivity contribution in [2.75, 3.05) is 6.54 Å². The van der Waals surface area contributed by atoms with Crippen LogP contribution in [0.15, 0.2) is 107 Å². The summed E-state index contributed by atoms with van der Waals surface area (Å²) in [6.45, 7) is 2.31. The fourth-order valence-electron chi connectivity index (χ4n) is 4.24. The highest BCUT2D eigenvalue weighted by atomic mass is 35.5. The van der Waals surface area contributed by atoms with E-state index in [2.05, 4.69) is 5.32 Å². The zero-order valence-corrected chi connectivity index (χ0v) is 22.3. The van der Waals surface area contributed by atoms with E-state index in [-0.39, 0.29) is 21.4 Å². The molecule has 0 bridgehead atoms. The fourth-order valence-corrected chi connectivity index (χ4v) is 5.87. The lowest BCUT2D eigenvalue weighted by atomic mass is 10.0. The standard InChI is InChI=1S/C30H28ClNO5S/c1-20(32-19-28(33)24-8-5-9-25(31)17-24)16-21-10-13-26(14-11-21)38(36,37)29-15-12-23(18-27(29)30(34)35)22-6-3-2-4-7-22/h2-15,17-18,20,28,32-33H,16,19H2,1H3,(H,34,35)/t20-,28+/m1/s1. The molecule has 8 heteroatoms. The average molecular weight is 550 g/mol. The largest absolute Gasteiger partial charge is 0.478 e. The molecule has 0 saturated carbocycles. The molecule has 0 spiro atoms. The van der Waals surface area contributed by atoms with Crippen LogP contribution in [-0.4, -0.2) is 37.2 Å². The molecule has 0 aliphatic heterocycles. The van der Waals surface area contributed by atoms with Gasteiger partial charge in [-0.15, -0.1) is 0 Å². The van der Waals surface area contributed by atoms with Gasteiger partial charge in [-0.05, 0) is 72.0 Å². The predicted molar refractivity (Wildman–Crippen MR) is 148 cm³/mol. The first kappa shape index (κ1) is 27.5. The Morgan fingerprint density at radius 2 is 1.61 bits per heavy atom. The minimum absolute atomic E-state index is 0.00966. The maximum Gasteiger partial charge on any atom is 0.337 e. The smallest absolute Gasteiger partial charge is 0.337 e. The van der Waals surface area contributed by atoms with E-state index in [4.69, 9.17) is 11.6 Å². The second-order valence-electron chi connectivity index (χ2n) is 9.11. The average Bonchev–Trinajstić information content (AvgIpc) is 2.92. The Labute approximate surface area is 227 Å². The third-order valence-corrected chi connectivity index (χ3v) is 8.34. The van der Waals surface area contributed by atoms with Gasteiger partial charge in [0.2, 0.25) is 9.84 Å². The lowest BCUT2D eigenvalue weighted by Gasteiger charge is -2.18. The van der Waals surface area contributed by atoms with E-state index in [1.807, 2.05) is 43.3 Å². The van der Waals surface area contributed by atoms with Crippen molar-refractivity contribution >= 4 is 27.4 Å². The molecular formula is C30H28ClNO5S. The molecule has 0 heterocycles. The Bertz CT molecular complexity index is 1520. The Balaban J connectivity index is 1.46. The van der Waals surface area contributed by atoms with Crippen LogP contribution in [0.5, 0.6) is 0 Å². The molecule has 0 aliphatic carbocycles. The molecule has 0 fully saturated rings. The normalized spacial score (nSPS) is 13.1. The van der Waals surface area contributed by atoms with E-state index < -0.39 is 21.9 Å². The van der Waals surface area contributed by atoms with Crippen molar-refractivity contribution in [3.8, 4) is 11.1 Å². The second-order valence-corrected chi connectivity index (χ2v) is 11.5. The Morgan fingerprint density at radius 3 is 2.26 bits per heavy atom. The van der Waals surface area contributed by atoms with Gasteiger partial charge in [-0.25, -0.2) is 13.2 Å². The number of hydrogen-bond acceptors (Lipinski definition) is 5. The van der Waals surface area contributed by atoms with Crippen LogP contribution in [0, 0.1) is 0 Å². The number of carboxylic acids is 1.